The molecule has 0 amide bonds. The minimum atomic E-state index is -0.0315. The lowest BCUT2D eigenvalue weighted by Crippen LogP contribution is -2.45. The predicted molar refractivity (Wildman–Crippen MR) is 79.3 cm³/mol. The molecule has 0 bridgehead atoms. The summed E-state index contributed by atoms with van der Waals surface area (Å²) in [7, 11) is 0. The van der Waals surface area contributed by atoms with Crippen LogP contribution in [0.5, 0.6) is 5.75 Å². The van der Waals surface area contributed by atoms with Crippen LogP contribution in [-0.4, -0.2) is 18.2 Å². The van der Waals surface area contributed by atoms with Crippen molar-refractivity contribution in [3.05, 3.63) is 28.2 Å². The van der Waals surface area contributed by atoms with Crippen LogP contribution < -0.4 is 10.1 Å². The smallest absolute Gasteiger partial charge is 0.140 e. The molecule has 1 aromatic rings. The van der Waals surface area contributed by atoms with E-state index in [-0.39, 0.29) is 5.60 Å². The van der Waals surface area contributed by atoms with Gasteiger partial charge in [0.2, 0.25) is 0 Å². The molecule has 19 heavy (non-hydrogen) atoms. The molecule has 0 aliphatic heterocycles. The summed E-state index contributed by atoms with van der Waals surface area (Å²) in [6, 6.07) is 6.34. The van der Waals surface area contributed by atoms with Crippen molar-refractivity contribution >= 4 is 23.2 Å². The van der Waals surface area contributed by atoms with Crippen LogP contribution in [0.3, 0.4) is 0 Å². The highest BCUT2D eigenvalue weighted by Crippen LogP contribution is 2.42. The van der Waals surface area contributed by atoms with Crippen molar-refractivity contribution in [1.82, 2.24) is 5.32 Å². The molecule has 3 rings (SSSR count). The molecule has 2 nitrogen and oxygen atoms in total. The van der Waals surface area contributed by atoms with E-state index in [0.29, 0.717) is 10.0 Å². The maximum Gasteiger partial charge on any atom is 0.140 e. The van der Waals surface area contributed by atoms with Crippen LogP contribution in [0.2, 0.25) is 10.0 Å². The van der Waals surface area contributed by atoms with E-state index in [9.17, 15) is 0 Å². The highest BCUT2D eigenvalue weighted by molar-refractivity contribution is 6.42. The Labute approximate surface area is 124 Å². The van der Waals surface area contributed by atoms with Crippen LogP contribution in [0.1, 0.15) is 38.5 Å². The van der Waals surface area contributed by atoms with Gasteiger partial charge in [-0.2, -0.15) is 0 Å². The monoisotopic (exact) mass is 299 g/mol. The van der Waals surface area contributed by atoms with Crippen LogP contribution in [0.15, 0.2) is 18.2 Å². The minimum Gasteiger partial charge on any atom is -0.486 e. The van der Waals surface area contributed by atoms with E-state index in [1.807, 2.05) is 12.1 Å². The average molecular weight is 300 g/mol. The molecule has 104 valence electrons. The summed E-state index contributed by atoms with van der Waals surface area (Å²) in [6.45, 7) is 1.03. The van der Waals surface area contributed by atoms with Gasteiger partial charge in [-0.3, -0.25) is 0 Å². The first-order valence-corrected chi connectivity index (χ1v) is 7.81. The van der Waals surface area contributed by atoms with E-state index in [1.165, 1.54) is 19.3 Å². The Morgan fingerprint density at radius 3 is 2.68 bits per heavy atom. The van der Waals surface area contributed by atoms with Crippen LogP contribution >= 0.6 is 23.2 Å². The van der Waals surface area contributed by atoms with Gasteiger partial charge in [0.05, 0.1) is 5.02 Å². The topological polar surface area (TPSA) is 21.3 Å². The average Bonchev–Trinajstić information content (AvgIpc) is 3.15. The van der Waals surface area contributed by atoms with Gasteiger partial charge in [-0.1, -0.05) is 29.3 Å². The van der Waals surface area contributed by atoms with Crippen LogP contribution in [0.25, 0.3) is 0 Å². The second-order valence-electron chi connectivity index (χ2n) is 5.67. The van der Waals surface area contributed by atoms with Crippen molar-refractivity contribution in [2.24, 2.45) is 0 Å². The summed E-state index contributed by atoms with van der Waals surface area (Å²) >= 11 is 12.2. The Morgan fingerprint density at radius 1 is 1.26 bits per heavy atom. The highest BCUT2D eigenvalue weighted by Gasteiger charge is 2.39. The molecule has 0 radical (unpaired) electrons. The van der Waals surface area contributed by atoms with E-state index in [2.05, 4.69) is 5.32 Å². The van der Waals surface area contributed by atoms with Gasteiger partial charge in [-0.15, -0.1) is 0 Å². The molecular formula is C15H19Cl2NO. The maximum atomic E-state index is 6.20. The molecule has 0 saturated heterocycles. The lowest BCUT2D eigenvalue weighted by Gasteiger charge is -2.42. The molecule has 1 aromatic carbocycles. The first kappa shape index (κ1) is 13.5. The molecule has 2 saturated carbocycles. The number of rotatable bonds is 6. The molecule has 2 aliphatic carbocycles. The fraction of sp³-hybridized carbons (Fsp3) is 0.600. The van der Waals surface area contributed by atoms with Gasteiger partial charge in [-0.25, -0.2) is 0 Å². The van der Waals surface area contributed by atoms with Gasteiger partial charge in [0.15, 0.2) is 0 Å². The third-order valence-corrected chi connectivity index (χ3v) is 4.90. The zero-order valence-corrected chi connectivity index (χ0v) is 12.4. The SMILES string of the molecule is Clc1cccc(OC2(CCNC3CC3)CCC2)c1Cl. The Hall–Kier alpha value is -0.440. The molecule has 0 spiro atoms. The van der Waals surface area contributed by atoms with Crippen molar-refractivity contribution in [3.63, 3.8) is 0 Å². The van der Waals surface area contributed by atoms with Crippen molar-refractivity contribution in [2.45, 2.75) is 50.2 Å². The van der Waals surface area contributed by atoms with Crippen LogP contribution in [0.4, 0.5) is 0 Å². The molecule has 4 heteroatoms. The molecule has 0 aromatic heterocycles. The summed E-state index contributed by atoms with van der Waals surface area (Å²) in [6.07, 6.45) is 7.17. The lowest BCUT2D eigenvalue weighted by molar-refractivity contribution is -0.0142. The van der Waals surface area contributed by atoms with Gasteiger partial charge >= 0.3 is 0 Å². The van der Waals surface area contributed by atoms with Gasteiger partial charge in [-0.05, 0) is 57.2 Å². The van der Waals surface area contributed by atoms with Crippen molar-refractivity contribution in [1.29, 1.82) is 0 Å². The fourth-order valence-electron chi connectivity index (χ4n) is 2.56. The molecular weight excluding hydrogens is 281 g/mol. The number of nitrogens with one attached hydrogen (secondary N) is 1. The number of hydrogen-bond acceptors (Lipinski definition) is 2. The van der Waals surface area contributed by atoms with Gasteiger partial charge < -0.3 is 10.1 Å². The normalized spacial score (nSPS) is 20.9. The zero-order chi connectivity index (χ0) is 13.3. The second kappa shape index (κ2) is 5.51. The largest absolute Gasteiger partial charge is 0.486 e. The Bertz CT molecular complexity index is 455. The van der Waals surface area contributed by atoms with Crippen LogP contribution in [-0.2, 0) is 0 Å². The standard InChI is InChI=1S/C15H19Cl2NO/c16-12-3-1-4-13(14(12)17)19-15(7-2-8-15)9-10-18-11-5-6-11/h1,3-4,11,18H,2,5-10H2. The van der Waals surface area contributed by atoms with Gasteiger partial charge in [0, 0.05) is 6.04 Å². The Morgan fingerprint density at radius 2 is 2.05 bits per heavy atom. The molecule has 0 heterocycles. The van der Waals surface area contributed by atoms with Crippen molar-refractivity contribution in [2.75, 3.05) is 6.54 Å². The predicted octanol–water partition coefficient (Wildman–Crippen LogP) is 4.44. The molecule has 2 aliphatic rings. The van der Waals surface area contributed by atoms with Crippen LogP contribution in [0, 0.1) is 0 Å². The van der Waals surface area contributed by atoms with E-state index in [4.69, 9.17) is 27.9 Å². The number of benzene rings is 1. The molecule has 0 unspecified atom stereocenters. The first-order valence-electron chi connectivity index (χ1n) is 7.05. The minimum absolute atomic E-state index is 0.0315. The summed E-state index contributed by atoms with van der Waals surface area (Å²) in [5.41, 5.74) is -0.0315. The van der Waals surface area contributed by atoms with E-state index >= 15 is 0 Å². The quantitative estimate of drug-likeness (QED) is 0.838. The third kappa shape index (κ3) is 3.18. The second-order valence-corrected chi connectivity index (χ2v) is 6.45. The van der Waals surface area contributed by atoms with Crippen molar-refractivity contribution < 1.29 is 4.74 Å². The molecule has 1 N–H and O–H groups in total. The Balaban J connectivity index is 1.62. The molecule has 2 fully saturated rings. The lowest BCUT2D eigenvalue weighted by atomic mass is 9.77. The van der Waals surface area contributed by atoms with Crippen molar-refractivity contribution in [3.8, 4) is 5.75 Å². The summed E-state index contributed by atoms with van der Waals surface area (Å²) in [5, 5.41) is 4.65. The first-order chi connectivity index (χ1) is 9.19. The molecule has 0 atom stereocenters. The summed E-state index contributed by atoms with van der Waals surface area (Å²) < 4.78 is 6.20. The highest BCUT2D eigenvalue weighted by atomic mass is 35.5. The maximum absolute atomic E-state index is 6.20. The van der Waals surface area contributed by atoms with Gasteiger partial charge in [0.1, 0.15) is 16.4 Å². The number of halogens is 2. The summed E-state index contributed by atoms with van der Waals surface area (Å²) in [5.74, 6) is 0.722. The van der Waals surface area contributed by atoms with E-state index < -0.39 is 0 Å². The van der Waals surface area contributed by atoms with E-state index in [0.717, 1.165) is 37.6 Å². The van der Waals surface area contributed by atoms with E-state index in [1.54, 1.807) is 6.07 Å². The fourth-order valence-corrected chi connectivity index (χ4v) is 2.89. The third-order valence-electron chi connectivity index (χ3n) is 4.10. The van der Waals surface area contributed by atoms with Gasteiger partial charge in [0.25, 0.3) is 0 Å². The Kier molecular flexibility index (Phi) is 3.93. The summed E-state index contributed by atoms with van der Waals surface area (Å²) in [4.78, 5) is 0. The number of hydrogen-bond donors (Lipinski definition) is 1. The zero-order valence-electron chi connectivity index (χ0n) is 10.9. The number of ether oxygens (including phenoxy) is 1.